The van der Waals surface area contributed by atoms with Gasteiger partial charge in [-0.05, 0) is 31.0 Å². The predicted octanol–water partition coefficient (Wildman–Crippen LogP) is 1.95. The van der Waals surface area contributed by atoms with E-state index in [-0.39, 0.29) is 23.2 Å². The number of carbonyl (C=O) groups is 1. The maximum atomic E-state index is 11.8. The Hall–Kier alpha value is -1.11. The second-order valence-corrected chi connectivity index (χ2v) is 6.77. The van der Waals surface area contributed by atoms with Crippen LogP contribution in [-0.4, -0.2) is 33.7 Å². The summed E-state index contributed by atoms with van der Waals surface area (Å²) in [4.78, 5) is 11.6. The molecule has 1 heterocycles. The summed E-state index contributed by atoms with van der Waals surface area (Å²) in [6.45, 7) is 0.860. The molecule has 1 saturated heterocycles. The van der Waals surface area contributed by atoms with E-state index in [1.54, 1.807) is 0 Å². The molecule has 1 aromatic rings. The summed E-state index contributed by atoms with van der Waals surface area (Å²) < 4.78 is 32.7. The van der Waals surface area contributed by atoms with E-state index in [1.807, 2.05) is 0 Å². The van der Waals surface area contributed by atoms with Crippen LogP contribution in [0, 0.1) is 0 Å². The van der Waals surface area contributed by atoms with Crippen LogP contribution in [0.2, 0.25) is 0 Å². The van der Waals surface area contributed by atoms with E-state index in [0.717, 1.165) is 12.8 Å². The van der Waals surface area contributed by atoms with E-state index in [4.69, 9.17) is 20.2 Å². The van der Waals surface area contributed by atoms with Crippen molar-refractivity contribution in [3.8, 4) is 0 Å². The molecule has 1 unspecified atom stereocenters. The van der Waals surface area contributed by atoms with Crippen molar-refractivity contribution in [3.05, 3.63) is 29.8 Å². The quantitative estimate of drug-likeness (QED) is 0.628. The van der Waals surface area contributed by atoms with Crippen LogP contribution in [0.15, 0.2) is 29.2 Å². The Kier molecular flexibility index (Phi) is 4.44. The fourth-order valence-corrected chi connectivity index (χ4v) is 2.60. The molecule has 1 atom stereocenters. The van der Waals surface area contributed by atoms with Crippen molar-refractivity contribution in [1.82, 2.24) is 0 Å². The summed E-state index contributed by atoms with van der Waals surface area (Å²) in [5.74, 6) is -0.585. The van der Waals surface area contributed by atoms with Crippen LogP contribution in [0.1, 0.15) is 23.2 Å². The summed E-state index contributed by atoms with van der Waals surface area (Å²) in [5, 5.41) is 0. The molecule has 2 rings (SSSR count). The molecule has 1 fully saturated rings. The van der Waals surface area contributed by atoms with Gasteiger partial charge in [0.15, 0.2) is 0 Å². The first-order chi connectivity index (χ1) is 8.97. The SMILES string of the molecule is O=C(OCC1CCCO1)c1cccc(S(=O)(=O)Cl)c1. The van der Waals surface area contributed by atoms with Crippen LogP contribution in [-0.2, 0) is 18.5 Å². The van der Waals surface area contributed by atoms with Crippen molar-refractivity contribution in [2.24, 2.45) is 0 Å². The third kappa shape index (κ3) is 3.92. The molecule has 0 aliphatic carbocycles. The summed E-state index contributed by atoms with van der Waals surface area (Å²) in [6, 6.07) is 5.43. The fourth-order valence-electron chi connectivity index (χ4n) is 1.80. The van der Waals surface area contributed by atoms with Gasteiger partial charge in [-0.1, -0.05) is 6.07 Å². The molecule has 104 valence electrons. The van der Waals surface area contributed by atoms with E-state index in [2.05, 4.69) is 0 Å². The van der Waals surface area contributed by atoms with Crippen molar-refractivity contribution in [2.45, 2.75) is 23.8 Å². The van der Waals surface area contributed by atoms with Crippen molar-refractivity contribution in [1.29, 1.82) is 0 Å². The van der Waals surface area contributed by atoms with E-state index < -0.39 is 15.0 Å². The van der Waals surface area contributed by atoms with Gasteiger partial charge in [0.25, 0.3) is 9.05 Å². The number of carbonyl (C=O) groups excluding carboxylic acids is 1. The topological polar surface area (TPSA) is 69.7 Å². The zero-order chi connectivity index (χ0) is 13.9. The van der Waals surface area contributed by atoms with E-state index in [0.29, 0.717) is 6.61 Å². The van der Waals surface area contributed by atoms with Crippen LogP contribution in [0.5, 0.6) is 0 Å². The Balaban J connectivity index is 2.02. The highest BCUT2D eigenvalue weighted by Gasteiger charge is 2.19. The molecule has 1 aliphatic rings. The zero-order valence-corrected chi connectivity index (χ0v) is 11.6. The second-order valence-electron chi connectivity index (χ2n) is 4.20. The number of rotatable bonds is 4. The van der Waals surface area contributed by atoms with Gasteiger partial charge in [-0.25, -0.2) is 13.2 Å². The van der Waals surface area contributed by atoms with Gasteiger partial charge in [0.2, 0.25) is 0 Å². The molecule has 7 heteroatoms. The Morgan fingerprint density at radius 3 is 2.89 bits per heavy atom. The van der Waals surface area contributed by atoms with Gasteiger partial charge >= 0.3 is 5.97 Å². The van der Waals surface area contributed by atoms with Gasteiger partial charge in [0, 0.05) is 17.3 Å². The number of halogens is 1. The molecule has 0 radical (unpaired) electrons. The van der Waals surface area contributed by atoms with Gasteiger partial charge in [-0.15, -0.1) is 0 Å². The molecule has 5 nitrogen and oxygen atoms in total. The smallest absolute Gasteiger partial charge is 0.338 e. The third-order valence-corrected chi connectivity index (χ3v) is 4.13. The third-order valence-electron chi connectivity index (χ3n) is 2.78. The zero-order valence-electron chi connectivity index (χ0n) is 10.0. The number of ether oxygens (including phenoxy) is 2. The van der Waals surface area contributed by atoms with Crippen LogP contribution >= 0.6 is 10.7 Å². The van der Waals surface area contributed by atoms with Gasteiger partial charge in [0.05, 0.1) is 16.6 Å². The Bertz CT molecular complexity index is 563. The average Bonchev–Trinajstić information content (AvgIpc) is 2.88. The minimum absolute atomic E-state index is 0.0658. The van der Waals surface area contributed by atoms with Gasteiger partial charge in [0.1, 0.15) is 6.61 Å². The predicted molar refractivity (Wildman–Crippen MR) is 68.7 cm³/mol. The lowest BCUT2D eigenvalue weighted by Gasteiger charge is -2.10. The van der Waals surface area contributed by atoms with Gasteiger partial charge in [-0.2, -0.15) is 0 Å². The van der Waals surface area contributed by atoms with Crippen molar-refractivity contribution in [2.75, 3.05) is 13.2 Å². The fraction of sp³-hybridized carbons (Fsp3) is 0.417. The maximum absolute atomic E-state index is 11.8. The van der Waals surface area contributed by atoms with Crippen LogP contribution in [0.25, 0.3) is 0 Å². The van der Waals surface area contributed by atoms with E-state index >= 15 is 0 Å². The highest BCUT2D eigenvalue weighted by atomic mass is 35.7. The van der Waals surface area contributed by atoms with Crippen LogP contribution < -0.4 is 0 Å². The van der Waals surface area contributed by atoms with Crippen LogP contribution in [0.3, 0.4) is 0 Å². The molecule has 0 N–H and O–H groups in total. The Morgan fingerprint density at radius 2 is 2.26 bits per heavy atom. The lowest BCUT2D eigenvalue weighted by atomic mass is 10.2. The monoisotopic (exact) mass is 304 g/mol. The number of hydrogen-bond acceptors (Lipinski definition) is 5. The summed E-state index contributed by atoms with van der Waals surface area (Å²) >= 11 is 0. The minimum atomic E-state index is -3.85. The van der Waals surface area contributed by atoms with E-state index in [1.165, 1.54) is 24.3 Å². The lowest BCUT2D eigenvalue weighted by Crippen LogP contribution is -2.18. The van der Waals surface area contributed by atoms with Crippen molar-refractivity contribution < 1.29 is 22.7 Å². The van der Waals surface area contributed by atoms with Gasteiger partial charge < -0.3 is 9.47 Å². The molecule has 0 saturated carbocycles. The first-order valence-electron chi connectivity index (χ1n) is 5.80. The van der Waals surface area contributed by atoms with Crippen molar-refractivity contribution in [3.63, 3.8) is 0 Å². The normalized spacial score (nSPS) is 19.3. The standard InChI is InChI=1S/C12H13ClO5S/c13-19(15,16)11-5-1-3-9(7-11)12(14)18-8-10-4-2-6-17-10/h1,3,5,7,10H,2,4,6,8H2. The Labute approximate surface area is 115 Å². The molecule has 0 amide bonds. The molecule has 0 aromatic heterocycles. The average molecular weight is 305 g/mol. The summed E-state index contributed by atoms with van der Waals surface area (Å²) in [6.07, 6.45) is 1.76. The molecule has 0 spiro atoms. The molecular formula is C12H13ClO5S. The number of hydrogen-bond donors (Lipinski definition) is 0. The lowest BCUT2D eigenvalue weighted by molar-refractivity contribution is 0.0161. The van der Waals surface area contributed by atoms with E-state index in [9.17, 15) is 13.2 Å². The minimum Gasteiger partial charge on any atom is -0.459 e. The Morgan fingerprint density at radius 1 is 1.47 bits per heavy atom. The second kappa shape index (κ2) is 5.90. The maximum Gasteiger partial charge on any atom is 0.338 e. The highest BCUT2D eigenvalue weighted by Crippen LogP contribution is 2.17. The number of esters is 1. The first-order valence-corrected chi connectivity index (χ1v) is 8.11. The van der Waals surface area contributed by atoms with Crippen molar-refractivity contribution >= 4 is 25.7 Å². The molecule has 0 bridgehead atoms. The molecule has 1 aliphatic heterocycles. The highest BCUT2D eigenvalue weighted by molar-refractivity contribution is 8.13. The first kappa shape index (κ1) is 14.3. The number of benzene rings is 1. The molecule has 19 heavy (non-hydrogen) atoms. The van der Waals surface area contributed by atoms with Crippen LogP contribution in [0.4, 0.5) is 0 Å². The molecular weight excluding hydrogens is 292 g/mol. The summed E-state index contributed by atoms with van der Waals surface area (Å²) in [5.41, 5.74) is 0.153. The summed E-state index contributed by atoms with van der Waals surface area (Å²) in [7, 11) is 1.37. The van der Waals surface area contributed by atoms with Gasteiger partial charge in [-0.3, -0.25) is 0 Å². The molecule has 1 aromatic carbocycles. The largest absolute Gasteiger partial charge is 0.459 e.